The molecule has 0 aromatic carbocycles. The molecule has 40 valence electrons. The van der Waals surface area contributed by atoms with Crippen molar-refractivity contribution in [3.63, 3.8) is 0 Å². The summed E-state index contributed by atoms with van der Waals surface area (Å²) >= 11 is 0. The first-order valence-corrected chi connectivity index (χ1v) is 6.84. The Morgan fingerprint density at radius 1 is 1.00 bits per heavy atom. The molecule has 1 aliphatic rings. The maximum atomic E-state index is 5.64. The fourth-order valence-electron chi connectivity index (χ4n) is 0.292. The molecule has 0 atom stereocenters. The van der Waals surface area contributed by atoms with Crippen LogP contribution in [0.3, 0.4) is 0 Å². The lowest BCUT2D eigenvalue weighted by Crippen LogP contribution is -1.98. The molecule has 0 aromatic rings. The molecule has 0 unspecified atom stereocenters. The predicted octanol–water partition coefficient (Wildman–Crippen LogP) is 2.22. The molecule has 0 amide bonds. The summed E-state index contributed by atoms with van der Waals surface area (Å²) in [6.45, 7) is 0. The highest BCUT2D eigenvalue weighted by Gasteiger charge is 2.17. The second-order valence-electron chi connectivity index (χ2n) is 1.21. The summed E-state index contributed by atoms with van der Waals surface area (Å²) in [7, 11) is 11.1. The van der Waals surface area contributed by atoms with E-state index >= 15 is 0 Å². The number of halogens is 2. The monoisotopic (exact) mass is 164 g/mol. The molecule has 6 heavy (non-hydrogen) atoms. The molecule has 0 radical (unpaired) electrons. The van der Waals surface area contributed by atoms with Gasteiger partial charge in [0.05, 0.1) is 0 Å². The van der Waals surface area contributed by atoms with E-state index < -0.39 is 0 Å². The van der Waals surface area contributed by atoms with Crippen molar-refractivity contribution < 1.29 is 0 Å². The molecule has 0 bridgehead atoms. The van der Waals surface area contributed by atoms with Gasteiger partial charge in [-0.25, -0.2) is 0 Å². The van der Waals surface area contributed by atoms with Crippen LogP contribution in [0.1, 0.15) is 0 Å². The third kappa shape index (κ3) is 1.12. The molecule has 1 saturated heterocycles. The number of hydrogen-bond acceptors (Lipinski definition) is 0. The van der Waals surface area contributed by atoms with Gasteiger partial charge < -0.3 is 0 Å². The Morgan fingerprint density at radius 3 is 1.33 bits per heavy atom. The lowest BCUT2D eigenvalue weighted by molar-refractivity contribution is 2.00. The summed E-state index contributed by atoms with van der Waals surface area (Å²) in [5.74, 6) is 0. The zero-order valence-corrected chi connectivity index (χ0v) is 6.37. The van der Waals surface area contributed by atoms with E-state index in [1.807, 2.05) is 0 Å². The standard InChI is InChI=1S/C2H6Cl2S2/c3-5-1-6(4)2-5/h5-6H,1-2H2. The fourth-order valence-corrected chi connectivity index (χ4v) is 8.25. The minimum absolute atomic E-state index is 0.0880. The first kappa shape index (κ1) is 5.42. The Kier molecular flexibility index (Phi) is 1.84. The molecule has 0 spiro atoms. The van der Waals surface area contributed by atoms with Crippen molar-refractivity contribution >= 4 is 41.6 Å². The lowest BCUT2D eigenvalue weighted by atomic mass is 11.8. The predicted molar refractivity (Wildman–Crippen MR) is 39.4 cm³/mol. The summed E-state index contributed by atoms with van der Waals surface area (Å²) < 4.78 is 0. The highest BCUT2D eigenvalue weighted by molar-refractivity contribution is 8.63. The topological polar surface area (TPSA) is 0 Å². The highest BCUT2D eigenvalue weighted by Crippen LogP contribution is 2.60. The number of hydrogen-bond donors (Lipinski definition) is 2. The van der Waals surface area contributed by atoms with Gasteiger partial charge in [0.2, 0.25) is 0 Å². The largest absolute Gasteiger partial charge is 0.157 e. The molecule has 1 fully saturated rings. The van der Waals surface area contributed by atoms with E-state index in [2.05, 4.69) is 0 Å². The number of thiol groups is 2. The summed E-state index contributed by atoms with van der Waals surface area (Å²) in [5.41, 5.74) is 0. The van der Waals surface area contributed by atoms with Gasteiger partial charge in [-0.15, -0.1) is 0 Å². The van der Waals surface area contributed by atoms with Gasteiger partial charge in [0.15, 0.2) is 0 Å². The van der Waals surface area contributed by atoms with Gasteiger partial charge in [0.25, 0.3) is 0 Å². The molecular formula is C2H6Cl2S2. The molecule has 1 heterocycles. The fraction of sp³-hybridized carbons (Fsp3) is 1.00. The summed E-state index contributed by atoms with van der Waals surface area (Å²) in [6.07, 6.45) is 0. The van der Waals surface area contributed by atoms with Crippen molar-refractivity contribution in [2.24, 2.45) is 0 Å². The van der Waals surface area contributed by atoms with E-state index in [0.29, 0.717) is 0 Å². The molecule has 0 saturated carbocycles. The Hall–Kier alpha value is 1.28. The van der Waals surface area contributed by atoms with Gasteiger partial charge in [-0.05, 0) is 0 Å². The third-order valence-electron chi connectivity index (χ3n) is 0.614. The van der Waals surface area contributed by atoms with Crippen molar-refractivity contribution in [3.8, 4) is 0 Å². The smallest absolute Gasteiger partial charge is 0.0288 e. The van der Waals surface area contributed by atoms with Gasteiger partial charge in [-0.3, -0.25) is 0 Å². The summed E-state index contributed by atoms with van der Waals surface area (Å²) in [5, 5.41) is 2.27. The Balaban J connectivity index is 2.11. The maximum Gasteiger partial charge on any atom is 0.0288 e. The zero-order valence-electron chi connectivity index (χ0n) is 3.06. The molecular weight excluding hydrogens is 159 g/mol. The zero-order chi connectivity index (χ0) is 4.57. The van der Waals surface area contributed by atoms with Crippen LogP contribution in [-0.4, -0.2) is 10.2 Å². The Bertz CT molecular complexity index is 45.5. The average Bonchev–Trinajstić information content (AvgIpc) is 1.33. The van der Waals surface area contributed by atoms with Gasteiger partial charge in [-0.1, -0.05) is 21.4 Å². The molecule has 1 aliphatic heterocycles. The Morgan fingerprint density at radius 2 is 1.33 bits per heavy atom. The second-order valence-corrected chi connectivity index (χ2v) is 8.19. The van der Waals surface area contributed by atoms with Gasteiger partial charge >= 0.3 is 0 Å². The van der Waals surface area contributed by atoms with Crippen molar-refractivity contribution in [3.05, 3.63) is 0 Å². The first-order valence-electron chi connectivity index (χ1n) is 1.60. The van der Waals surface area contributed by atoms with Crippen LogP contribution in [-0.2, 0) is 0 Å². The highest BCUT2D eigenvalue weighted by atomic mass is 35.7. The van der Waals surface area contributed by atoms with Crippen molar-refractivity contribution in [1.82, 2.24) is 0 Å². The van der Waals surface area contributed by atoms with Crippen LogP contribution in [0.4, 0.5) is 0 Å². The van der Waals surface area contributed by atoms with Crippen LogP contribution in [0.2, 0.25) is 0 Å². The minimum atomic E-state index is -0.0880. The van der Waals surface area contributed by atoms with Gasteiger partial charge in [0, 0.05) is 10.2 Å². The number of rotatable bonds is 0. The quantitative estimate of drug-likeness (QED) is 0.505. The van der Waals surface area contributed by atoms with Crippen LogP contribution < -0.4 is 0 Å². The molecule has 1 rings (SSSR count). The second kappa shape index (κ2) is 2.03. The van der Waals surface area contributed by atoms with Crippen LogP contribution in [0.5, 0.6) is 0 Å². The first-order chi connectivity index (χ1) is 2.79. The molecule has 0 N–H and O–H groups in total. The van der Waals surface area contributed by atoms with Gasteiger partial charge in [-0.2, -0.15) is 20.2 Å². The van der Waals surface area contributed by atoms with Crippen molar-refractivity contribution in [2.75, 3.05) is 10.2 Å². The van der Waals surface area contributed by atoms with Crippen molar-refractivity contribution in [1.29, 1.82) is 0 Å². The average molecular weight is 165 g/mol. The van der Waals surface area contributed by atoms with E-state index in [1.165, 1.54) is 0 Å². The molecule has 0 nitrogen and oxygen atoms in total. The maximum absolute atomic E-state index is 5.64. The van der Waals surface area contributed by atoms with Crippen LogP contribution >= 0.6 is 41.6 Å². The van der Waals surface area contributed by atoms with E-state index in [-0.39, 0.29) is 20.2 Å². The van der Waals surface area contributed by atoms with Crippen molar-refractivity contribution in [2.45, 2.75) is 0 Å². The Labute approximate surface area is 51.9 Å². The molecule has 0 aliphatic carbocycles. The van der Waals surface area contributed by atoms with Crippen LogP contribution in [0.15, 0.2) is 0 Å². The third-order valence-corrected chi connectivity index (χ3v) is 9.37. The van der Waals surface area contributed by atoms with E-state index in [1.54, 1.807) is 0 Å². The lowest BCUT2D eigenvalue weighted by Gasteiger charge is -2.31. The molecule has 4 heteroatoms. The summed E-state index contributed by atoms with van der Waals surface area (Å²) in [6, 6.07) is 0. The summed E-state index contributed by atoms with van der Waals surface area (Å²) in [4.78, 5) is 0. The van der Waals surface area contributed by atoms with E-state index in [4.69, 9.17) is 21.4 Å². The van der Waals surface area contributed by atoms with E-state index in [0.717, 1.165) is 10.2 Å². The van der Waals surface area contributed by atoms with Crippen LogP contribution in [0.25, 0.3) is 0 Å². The van der Waals surface area contributed by atoms with Crippen LogP contribution in [0, 0.1) is 0 Å². The SMILES string of the molecule is Cl[SH]1C[SH](Cl)C1. The minimum Gasteiger partial charge on any atom is -0.157 e. The van der Waals surface area contributed by atoms with E-state index in [9.17, 15) is 0 Å². The molecule has 0 aromatic heterocycles. The normalized spacial score (nSPS) is 57.0. The van der Waals surface area contributed by atoms with Gasteiger partial charge in [0.1, 0.15) is 0 Å².